The lowest BCUT2D eigenvalue weighted by molar-refractivity contribution is 0.189. The van der Waals surface area contributed by atoms with Crippen LogP contribution in [0.25, 0.3) is 33.5 Å². The van der Waals surface area contributed by atoms with Crippen LogP contribution in [0.2, 0.25) is 0 Å². The molecular formula is C30H30N4OS. The van der Waals surface area contributed by atoms with Crippen LogP contribution in [0.15, 0.2) is 90.1 Å². The number of hydrogen-bond donors (Lipinski definition) is 0. The zero-order valence-corrected chi connectivity index (χ0v) is 21.5. The van der Waals surface area contributed by atoms with Crippen molar-refractivity contribution in [2.24, 2.45) is 0 Å². The summed E-state index contributed by atoms with van der Waals surface area (Å²) in [7, 11) is 1.74. The second kappa shape index (κ2) is 11.5. The molecule has 0 N–H and O–H groups in total. The summed E-state index contributed by atoms with van der Waals surface area (Å²) in [4.78, 5) is 4.95. The molecule has 3 aromatic carbocycles. The van der Waals surface area contributed by atoms with Crippen LogP contribution in [0.3, 0.4) is 0 Å². The van der Waals surface area contributed by atoms with Crippen LogP contribution >= 0.6 is 11.8 Å². The van der Waals surface area contributed by atoms with Crippen molar-refractivity contribution in [1.29, 1.82) is 0 Å². The number of benzene rings is 3. The molecule has 0 saturated heterocycles. The number of ether oxygens (including phenoxy) is 1. The van der Waals surface area contributed by atoms with Crippen LogP contribution in [-0.4, -0.2) is 33.5 Å². The molecule has 0 spiro atoms. The molecule has 0 aliphatic carbocycles. The Bertz CT molecular complexity index is 1430. The molecule has 0 atom stereocenters. The second-order valence-electron chi connectivity index (χ2n) is 8.70. The first-order valence-corrected chi connectivity index (χ1v) is 13.3. The van der Waals surface area contributed by atoms with Crippen molar-refractivity contribution in [3.05, 3.63) is 96.1 Å². The second-order valence-corrected chi connectivity index (χ2v) is 9.64. The van der Waals surface area contributed by atoms with E-state index in [9.17, 15) is 0 Å². The van der Waals surface area contributed by atoms with E-state index in [1.807, 2.05) is 24.3 Å². The number of para-hydroxylation sites is 1. The Hall–Kier alpha value is -3.48. The molecule has 36 heavy (non-hydrogen) atoms. The van der Waals surface area contributed by atoms with Gasteiger partial charge in [0.1, 0.15) is 0 Å². The molecule has 182 valence electrons. The predicted molar refractivity (Wildman–Crippen MR) is 148 cm³/mol. The van der Waals surface area contributed by atoms with Gasteiger partial charge in [-0.1, -0.05) is 91.5 Å². The summed E-state index contributed by atoms with van der Waals surface area (Å²) in [5.74, 6) is 1.71. The molecule has 5 nitrogen and oxygen atoms in total. The van der Waals surface area contributed by atoms with Crippen molar-refractivity contribution in [2.75, 3.05) is 13.7 Å². The van der Waals surface area contributed by atoms with E-state index >= 15 is 0 Å². The Kier molecular flexibility index (Phi) is 7.74. The van der Waals surface area contributed by atoms with Gasteiger partial charge in [-0.25, -0.2) is 4.98 Å². The van der Waals surface area contributed by atoms with Gasteiger partial charge in [-0.3, -0.25) is 0 Å². The summed E-state index contributed by atoms with van der Waals surface area (Å²) in [6, 6.07) is 29.5. The molecule has 0 saturated carbocycles. The molecule has 0 aliphatic rings. The Morgan fingerprint density at radius 3 is 2.39 bits per heavy atom. The average molecular weight is 495 g/mol. The molecule has 0 radical (unpaired) electrons. The largest absolute Gasteiger partial charge is 0.385 e. The number of aryl methyl sites for hydroxylation is 1. The summed E-state index contributed by atoms with van der Waals surface area (Å²) >= 11 is 1.73. The fourth-order valence-electron chi connectivity index (χ4n) is 4.30. The Morgan fingerprint density at radius 2 is 1.61 bits per heavy atom. The first-order chi connectivity index (χ1) is 17.8. The Morgan fingerprint density at radius 1 is 0.861 bits per heavy atom. The fraction of sp³-hybridized carbons (Fsp3) is 0.233. The highest BCUT2D eigenvalue weighted by Gasteiger charge is 2.18. The normalized spacial score (nSPS) is 11.3. The van der Waals surface area contributed by atoms with Crippen LogP contribution in [-0.2, 0) is 23.5 Å². The smallest absolute Gasteiger partial charge is 0.191 e. The topological polar surface area (TPSA) is 52.8 Å². The zero-order chi connectivity index (χ0) is 24.7. The third kappa shape index (κ3) is 5.35. The monoisotopic (exact) mass is 494 g/mol. The molecule has 6 heteroatoms. The number of nitrogens with zero attached hydrogens (tertiary/aromatic N) is 4. The van der Waals surface area contributed by atoms with Gasteiger partial charge in [0, 0.05) is 42.5 Å². The van der Waals surface area contributed by atoms with Gasteiger partial charge in [0.15, 0.2) is 11.0 Å². The molecule has 5 aromatic rings. The van der Waals surface area contributed by atoms with Gasteiger partial charge in [0.25, 0.3) is 0 Å². The maximum Gasteiger partial charge on any atom is 0.191 e. The first-order valence-electron chi connectivity index (χ1n) is 12.3. The molecule has 2 aromatic heterocycles. The number of hydrogen-bond acceptors (Lipinski definition) is 5. The number of pyridine rings is 1. The third-order valence-corrected chi connectivity index (χ3v) is 7.31. The van der Waals surface area contributed by atoms with Crippen molar-refractivity contribution < 1.29 is 4.74 Å². The fourth-order valence-corrected chi connectivity index (χ4v) is 5.22. The maximum atomic E-state index is 5.35. The average Bonchev–Trinajstić information content (AvgIpc) is 3.34. The molecule has 0 fully saturated rings. The van der Waals surface area contributed by atoms with Gasteiger partial charge in [0.05, 0.1) is 11.2 Å². The van der Waals surface area contributed by atoms with Crippen LogP contribution in [0.4, 0.5) is 0 Å². The number of methoxy groups -OCH3 is 1. The Balaban J connectivity index is 1.55. The van der Waals surface area contributed by atoms with E-state index in [0.717, 1.165) is 63.8 Å². The summed E-state index contributed by atoms with van der Waals surface area (Å²) in [5.41, 5.74) is 6.65. The summed E-state index contributed by atoms with van der Waals surface area (Å²) in [6.07, 6.45) is 1.93. The van der Waals surface area contributed by atoms with E-state index in [1.165, 1.54) is 11.1 Å². The minimum Gasteiger partial charge on any atom is -0.385 e. The van der Waals surface area contributed by atoms with E-state index in [0.29, 0.717) is 6.61 Å². The van der Waals surface area contributed by atoms with Gasteiger partial charge in [-0.2, -0.15) is 0 Å². The lowest BCUT2D eigenvalue weighted by Crippen LogP contribution is -2.06. The summed E-state index contributed by atoms with van der Waals surface area (Å²) in [5, 5.41) is 11.3. The zero-order valence-electron chi connectivity index (χ0n) is 20.7. The van der Waals surface area contributed by atoms with E-state index < -0.39 is 0 Å². The van der Waals surface area contributed by atoms with Gasteiger partial charge < -0.3 is 9.30 Å². The summed E-state index contributed by atoms with van der Waals surface area (Å²) in [6.45, 7) is 3.65. The van der Waals surface area contributed by atoms with E-state index in [1.54, 1.807) is 18.9 Å². The molecule has 0 amide bonds. The van der Waals surface area contributed by atoms with Crippen LogP contribution in [0.5, 0.6) is 0 Å². The van der Waals surface area contributed by atoms with Crippen LogP contribution in [0, 0.1) is 0 Å². The highest BCUT2D eigenvalue weighted by molar-refractivity contribution is 7.98. The third-order valence-electron chi connectivity index (χ3n) is 6.27. The van der Waals surface area contributed by atoms with Crippen LogP contribution in [0.1, 0.15) is 24.5 Å². The highest BCUT2D eigenvalue weighted by atomic mass is 32.2. The standard InChI is InChI=1S/C30H30N4OS/c1-3-22-14-16-23(17-15-22)21-36-30-33-32-29(34(30)18-9-19-35-2)26-20-28(24-10-5-4-6-11-24)31-27-13-8-7-12-25(26)27/h4-8,10-17,20H,3,9,18-19,21H2,1-2H3. The molecule has 0 aliphatic heterocycles. The molecular weight excluding hydrogens is 464 g/mol. The number of aromatic nitrogens is 4. The molecule has 5 rings (SSSR count). The van der Waals surface area contributed by atoms with Gasteiger partial charge in [-0.05, 0) is 36.1 Å². The minimum atomic E-state index is 0.687. The summed E-state index contributed by atoms with van der Waals surface area (Å²) < 4.78 is 7.59. The molecule has 0 bridgehead atoms. The number of thioether (sulfide) groups is 1. The van der Waals surface area contributed by atoms with Crippen molar-refractivity contribution in [3.63, 3.8) is 0 Å². The lowest BCUT2D eigenvalue weighted by atomic mass is 10.0. The van der Waals surface area contributed by atoms with Gasteiger partial charge in [-0.15, -0.1) is 10.2 Å². The van der Waals surface area contributed by atoms with E-state index in [4.69, 9.17) is 14.8 Å². The van der Waals surface area contributed by atoms with Crippen molar-refractivity contribution in [3.8, 4) is 22.6 Å². The van der Waals surface area contributed by atoms with Gasteiger partial charge >= 0.3 is 0 Å². The minimum absolute atomic E-state index is 0.687. The van der Waals surface area contributed by atoms with Gasteiger partial charge in [0.2, 0.25) is 0 Å². The SMILES string of the molecule is CCc1ccc(CSc2nnc(-c3cc(-c4ccccc4)nc4ccccc34)n2CCCOC)cc1. The van der Waals surface area contributed by atoms with Crippen molar-refractivity contribution in [2.45, 2.75) is 37.2 Å². The van der Waals surface area contributed by atoms with Crippen molar-refractivity contribution in [1.82, 2.24) is 19.7 Å². The van der Waals surface area contributed by atoms with Crippen molar-refractivity contribution >= 4 is 22.7 Å². The number of fused-ring (bicyclic) bond motifs is 1. The Labute approximate surface area is 216 Å². The molecule has 0 unspecified atom stereocenters. The van der Waals surface area contributed by atoms with Crippen LogP contribution < -0.4 is 0 Å². The predicted octanol–water partition coefficient (Wildman–Crippen LogP) is 7.05. The van der Waals surface area contributed by atoms with E-state index in [2.05, 4.69) is 77.3 Å². The van der Waals surface area contributed by atoms with E-state index in [-0.39, 0.29) is 0 Å². The first kappa shape index (κ1) is 24.2. The number of rotatable bonds is 10. The highest BCUT2D eigenvalue weighted by Crippen LogP contribution is 2.33. The quantitative estimate of drug-likeness (QED) is 0.154. The lowest BCUT2D eigenvalue weighted by Gasteiger charge is -2.13. The molecule has 2 heterocycles. The maximum absolute atomic E-state index is 5.35.